The molecule has 0 unspecified atom stereocenters. The van der Waals surface area contributed by atoms with Gasteiger partial charge in [0.25, 0.3) is 0 Å². The van der Waals surface area contributed by atoms with Crippen LogP contribution < -0.4 is 0 Å². The molecule has 0 aliphatic carbocycles. The molecule has 1 rings (SSSR count). The molecule has 92 valence electrons. The van der Waals surface area contributed by atoms with Crippen LogP contribution in [0.3, 0.4) is 0 Å². The first-order valence-corrected chi connectivity index (χ1v) is 5.76. The zero-order valence-electron chi connectivity index (χ0n) is 10.4. The number of hydrogen-bond acceptors (Lipinski definition) is 4. The number of hydrogen-bond donors (Lipinski definition) is 0. The Morgan fingerprint density at radius 3 is 2.56 bits per heavy atom. The molecule has 1 heterocycles. The van der Waals surface area contributed by atoms with E-state index >= 15 is 0 Å². The minimum absolute atomic E-state index is 0.121. The molecule has 0 aromatic rings. The number of esters is 2. The maximum absolute atomic E-state index is 11.2. The molecule has 1 aliphatic heterocycles. The molecule has 0 amide bonds. The number of cyclic esters (lactones) is 1. The number of carbonyl (C=O) groups excluding carboxylic acids is 2. The van der Waals surface area contributed by atoms with E-state index in [1.54, 1.807) is 0 Å². The van der Waals surface area contributed by atoms with Crippen LogP contribution in [0.1, 0.15) is 40.5 Å². The summed E-state index contributed by atoms with van der Waals surface area (Å²) < 4.78 is 10.5. The zero-order chi connectivity index (χ0) is 12.3. The highest BCUT2D eigenvalue weighted by molar-refractivity contribution is 5.72. The van der Waals surface area contributed by atoms with Crippen LogP contribution in [0, 0.1) is 11.8 Å². The maximum Gasteiger partial charge on any atom is 0.306 e. The lowest BCUT2D eigenvalue weighted by Gasteiger charge is -2.26. The van der Waals surface area contributed by atoms with Gasteiger partial charge in [-0.05, 0) is 12.3 Å². The van der Waals surface area contributed by atoms with Gasteiger partial charge in [0.2, 0.25) is 0 Å². The van der Waals surface area contributed by atoms with Crippen molar-refractivity contribution in [1.29, 1.82) is 0 Å². The monoisotopic (exact) mass is 228 g/mol. The van der Waals surface area contributed by atoms with Crippen molar-refractivity contribution in [3.05, 3.63) is 0 Å². The highest BCUT2D eigenvalue weighted by Crippen LogP contribution is 2.28. The third kappa shape index (κ3) is 3.51. The van der Waals surface area contributed by atoms with Gasteiger partial charge >= 0.3 is 11.9 Å². The second-order valence-corrected chi connectivity index (χ2v) is 4.91. The molecule has 0 radical (unpaired) electrons. The van der Waals surface area contributed by atoms with Gasteiger partial charge in [-0.2, -0.15) is 0 Å². The normalized spacial score (nSPS) is 26.7. The van der Waals surface area contributed by atoms with E-state index in [4.69, 9.17) is 9.47 Å². The van der Waals surface area contributed by atoms with Gasteiger partial charge in [0.05, 0.1) is 6.42 Å². The van der Waals surface area contributed by atoms with Gasteiger partial charge in [-0.15, -0.1) is 0 Å². The number of carbonyl (C=O) groups is 2. The Bertz CT molecular complexity index is 272. The summed E-state index contributed by atoms with van der Waals surface area (Å²) in [5.41, 5.74) is 0. The van der Waals surface area contributed by atoms with Gasteiger partial charge < -0.3 is 9.47 Å². The van der Waals surface area contributed by atoms with Gasteiger partial charge in [0, 0.05) is 12.8 Å². The predicted octanol–water partition coefficient (Wildman–Crippen LogP) is 1.92. The van der Waals surface area contributed by atoms with E-state index in [0.717, 1.165) is 6.42 Å². The summed E-state index contributed by atoms with van der Waals surface area (Å²) in [6.45, 7) is 7.44. The van der Waals surface area contributed by atoms with Gasteiger partial charge in [-0.1, -0.05) is 20.8 Å². The standard InChI is InChI=1S/C12H20O4/c1-7(2)5-10(15-9(4)13)12-8(3)6-11(14)16-12/h7-8,10,12H,5-6H2,1-4H3/t8-,10+,12+/m1/s1. The molecule has 16 heavy (non-hydrogen) atoms. The summed E-state index contributed by atoms with van der Waals surface area (Å²) in [5, 5.41) is 0. The lowest BCUT2D eigenvalue weighted by atomic mass is 9.93. The van der Waals surface area contributed by atoms with Gasteiger partial charge in [-0.3, -0.25) is 9.59 Å². The van der Waals surface area contributed by atoms with Crippen molar-refractivity contribution in [2.24, 2.45) is 11.8 Å². The van der Waals surface area contributed by atoms with E-state index in [1.807, 2.05) is 6.92 Å². The highest BCUT2D eigenvalue weighted by Gasteiger charge is 2.39. The van der Waals surface area contributed by atoms with Crippen molar-refractivity contribution in [3.63, 3.8) is 0 Å². The first kappa shape index (κ1) is 13.0. The summed E-state index contributed by atoms with van der Waals surface area (Å²) in [6, 6.07) is 0. The van der Waals surface area contributed by atoms with Crippen LogP contribution in [0.15, 0.2) is 0 Å². The lowest BCUT2D eigenvalue weighted by molar-refractivity contribution is -0.162. The van der Waals surface area contributed by atoms with Crippen LogP contribution in [0.25, 0.3) is 0 Å². The Morgan fingerprint density at radius 2 is 2.19 bits per heavy atom. The van der Waals surface area contributed by atoms with Crippen molar-refractivity contribution in [2.75, 3.05) is 0 Å². The Balaban J connectivity index is 2.67. The zero-order valence-corrected chi connectivity index (χ0v) is 10.4. The summed E-state index contributed by atoms with van der Waals surface area (Å²) in [6.07, 6.45) is 0.556. The van der Waals surface area contributed by atoms with Crippen molar-refractivity contribution in [3.8, 4) is 0 Å². The van der Waals surface area contributed by atoms with Crippen LogP contribution in [0.2, 0.25) is 0 Å². The van der Waals surface area contributed by atoms with Crippen molar-refractivity contribution in [1.82, 2.24) is 0 Å². The molecular weight excluding hydrogens is 208 g/mol. The van der Waals surface area contributed by atoms with Crippen LogP contribution in [-0.2, 0) is 19.1 Å². The molecule has 0 aromatic carbocycles. The lowest BCUT2D eigenvalue weighted by Crippen LogP contribution is -2.35. The molecule has 0 N–H and O–H groups in total. The Hall–Kier alpha value is -1.06. The third-order valence-electron chi connectivity index (χ3n) is 2.70. The molecule has 0 bridgehead atoms. The average Bonchev–Trinajstić information content (AvgIpc) is 2.42. The second-order valence-electron chi connectivity index (χ2n) is 4.91. The fourth-order valence-corrected chi connectivity index (χ4v) is 2.06. The Kier molecular flexibility index (Phi) is 4.33. The minimum atomic E-state index is -0.319. The Morgan fingerprint density at radius 1 is 1.56 bits per heavy atom. The van der Waals surface area contributed by atoms with Gasteiger partial charge in [0.15, 0.2) is 0 Å². The molecule has 1 aliphatic rings. The van der Waals surface area contributed by atoms with E-state index in [2.05, 4.69) is 13.8 Å². The second kappa shape index (κ2) is 5.32. The summed E-state index contributed by atoms with van der Waals surface area (Å²) in [4.78, 5) is 22.2. The SMILES string of the molecule is CC(=O)O[C@@H](CC(C)C)[C@H]1OC(=O)C[C@H]1C. The third-order valence-corrected chi connectivity index (χ3v) is 2.70. The molecule has 0 saturated carbocycles. The summed E-state index contributed by atoms with van der Waals surface area (Å²) in [7, 11) is 0. The molecular formula is C12H20O4. The van der Waals surface area contributed by atoms with Crippen LogP contribution >= 0.6 is 0 Å². The molecule has 4 heteroatoms. The molecule has 1 fully saturated rings. The topological polar surface area (TPSA) is 52.6 Å². The van der Waals surface area contributed by atoms with Gasteiger partial charge in [-0.25, -0.2) is 0 Å². The molecule has 0 aromatic heterocycles. The number of ether oxygens (including phenoxy) is 2. The van der Waals surface area contributed by atoms with E-state index in [9.17, 15) is 9.59 Å². The molecule has 1 saturated heterocycles. The highest BCUT2D eigenvalue weighted by atomic mass is 16.6. The van der Waals surface area contributed by atoms with Crippen LogP contribution in [0.4, 0.5) is 0 Å². The summed E-state index contributed by atoms with van der Waals surface area (Å²) in [5.74, 6) is 0.00524. The maximum atomic E-state index is 11.2. The summed E-state index contributed by atoms with van der Waals surface area (Å²) >= 11 is 0. The average molecular weight is 228 g/mol. The van der Waals surface area contributed by atoms with Crippen LogP contribution in [-0.4, -0.2) is 24.1 Å². The first-order valence-electron chi connectivity index (χ1n) is 5.76. The van der Waals surface area contributed by atoms with Crippen molar-refractivity contribution < 1.29 is 19.1 Å². The van der Waals surface area contributed by atoms with E-state index in [0.29, 0.717) is 12.3 Å². The van der Waals surface area contributed by atoms with E-state index in [-0.39, 0.29) is 30.1 Å². The van der Waals surface area contributed by atoms with E-state index in [1.165, 1.54) is 6.92 Å². The molecule has 4 nitrogen and oxygen atoms in total. The largest absolute Gasteiger partial charge is 0.459 e. The predicted molar refractivity (Wildman–Crippen MR) is 58.7 cm³/mol. The fourth-order valence-electron chi connectivity index (χ4n) is 2.06. The van der Waals surface area contributed by atoms with E-state index < -0.39 is 0 Å². The van der Waals surface area contributed by atoms with Crippen LogP contribution in [0.5, 0.6) is 0 Å². The van der Waals surface area contributed by atoms with Crippen molar-refractivity contribution >= 4 is 11.9 Å². The molecule has 0 spiro atoms. The minimum Gasteiger partial charge on any atom is -0.459 e. The first-order chi connectivity index (χ1) is 7.40. The van der Waals surface area contributed by atoms with Gasteiger partial charge in [0.1, 0.15) is 12.2 Å². The van der Waals surface area contributed by atoms with Crippen molar-refractivity contribution in [2.45, 2.75) is 52.7 Å². The molecule has 3 atom stereocenters. The Labute approximate surface area is 96.3 Å². The quantitative estimate of drug-likeness (QED) is 0.690. The number of rotatable bonds is 4. The fraction of sp³-hybridized carbons (Fsp3) is 0.833. The smallest absolute Gasteiger partial charge is 0.306 e.